The Labute approximate surface area is 196 Å². The lowest BCUT2D eigenvalue weighted by molar-refractivity contribution is 0.317. The van der Waals surface area contributed by atoms with Gasteiger partial charge in [-0.1, -0.05) is 86.6 Å². The van der Waals surface area contributed by atoms with Crippen molar-refractivity contribution in [3.05, 3.63) is 119 Å². The van der Waals surface area contributed by atoms with Crippen molar-refractivity contribution in [3.8, 4) is 22.6 Å². The minimum absolute atomic E-state index is 0.389. The number of fused-ring (bicyclic) bond motifs is 3. The Kier molecular flexibility index (Phi) is 5.92. The lowest BCUT2D eigenvalue weighted by Gasteiger charge is -2.34. The monoisotopic (exact) mass is 434 g/mol. The summed E-state index contributed by atoms with van der Waals surface area (Å²) < 4.78 is 11.8. The van der Waals surface area contributed by atoms with Crippen molar-refractivity contribution in [3.63, 3.8) is 0 Å². The molecule has 0 amide bonds. The van der Waals surface area contributed by atoms with E-state index in [1.165, 1.54) is 33.4 Å². The second-order valence-corrected chi connectivity index (χ2v) is 8.59. The van der Waals surface area contributed by atoms with Crippen LogP contribution in [0.1, 0.15) is 48.9 Å². The zero-order valence-corrected chi connectivity index (χ0v) is 19.4. The zero-order valence-electron chi connectivity index (χ0n) is 19.4. The molecule has 4 aromatic carbocycles. The fourth-order valence-corrected chi connectivity index (χ4v) is 5.07. The molecule has 5 rings (SSSR count). The standard InChI is InChI=1S/C31H30O2/c1-3-21-32-25-17-13-23(14-18-25)31(24-15-19-26(20-16-24)33-22-4-2)29-11-7-5-9-27(29)28-10-6-8-12-30(28)31/h5-20H,3-4,21-22H2,1-2H3. The molecule has 0 heterocycles. The van der Waals surface area contributed by atoms with E-state index in [1.807, 2.05) is 0 Å². The average molecular weight is 435 g/mol. The quantitative estimate of drug-likeness (QED) is 0.250. The van der Waals surface area contributed by atoms with Crippen LogP contribution in [0, 0.1) is 0 Å². The van der Waals surface area contributed by atoms with E-state index in [4.69, 9.17) is 9.47 Å². The Balaban J connectivity index is 1.72. The SMILES string of the molecule is CCCOc1ccc(C2(c3ccc(OCCC)cc3)c3ccccc3-c3ccccc32)cc1. The second kappa shape index (κ2) is 9.15. The predicted octanol–water partition coefficient (Wildman–Crippen LogP) is 7.63. The molecule has 33 heavy (non-hydrogen) atoms. The van der Waals surface area contributed by atoms with E-state index < -0.39 is 0 Å². The largest absolute Gasteiger partial charge is 0.494 e. The van der Waals surface area contributed by atoms with Crippen molar-refractivity contribution >= 4 is 0 Å². The fraction of sp³-hybridized carbons (Fsp3) is 0.226. The highest BCUT2D eigenvalue weighted by atomic mass is 16.5. The molecule has 0 aliphatic heterocycles. The summed E-state index contributed by atoms with van der Waals surface area (Å²) in [6.07, 6.45) is 2.00. The first-order valence-corrected chi connectivity index (χ1v) is 11.9. The van der Waals surface area contributed by atoms with Gasteiger partial charge in [-0.3, -0.25) is 0 Å². The number of hydrogen-bond donors (Lipinski definition) is 0. The van der Waals surface area contributed by atoms with Gasteiger partial charge in [-0.05, 0) is 70.5 Å². The van der Waals surface area contributed by atoms with E-state index in [1.54, 1.807) is 0 Å². The summed E-state index contributed by atoms with van der Waals surface area (Å²) in [5.74, 6) is 1.83. The van der Waals surface area contributed by atoms with Crippen LogP contribution in [0.15, 0.2) is 97.1 Å². The molecule has 0 saturated heterocycles. The van der Waals surface area contributed by atoms with Gasteiger partial charge in [0.1, 0.15) is 11.5 Å². The Hall–Kier alpha value is -3.52. The Morgan fingerprint density at radius 1 is 0.515 bits per heavy atom. The summed E-state index contributed by atoms with van der Waals surface area (Å²) in [7, 11) is 0. The number of rotatable bonds is 8. The molecule has 4 aromatic rings. The molecule has 1 aliphatic carbocycles. The van der Waals surface area contributed by atoms with E-state index in [-0.39, 0.29) is 5.41 Å². The van der Waals surface area contributed by atoms with E-state index in [0.29, 0.717) is 0 Å². The van der Waals surface area contributed by atoms with Crippen LogP contribution in [-0.2, 0) is 5.41 Å². The van der Waals surface area contributed by atoms with Gasteiger partial charge < -0.3 is 9.47 Å². The van der Waals surface area contributed by atoms with Gasteiger partial charge >= 0.3 is 0 Å². The Bertz CT molecular complexity index is 1120. The highest BCUT2D eigenvalue weighted by molar-refractivity contribution is 5.86. The first kappa shape index (κ1) is 21.3. The van der Waals surface area contributed by atoms with Crippen molar-refractivity contribution in [2.45, 2.75) is 32.1 Å². The molecule has 0 aromatic heterocycles. The van der Waals surface area contributed by atoms with Crippen LogP contribution >= 0.6 is 0 Å². The van der Waals surface area contributed by atoms with Crippen LogP contribution in [0.4, 0.5) is 0 Å². The van der Waals surface area contributed by atoms with E-state index >= 15 is 0 Å². The molecule has 2 nitrogen and oxygen atoms in total. The van der Waals surface area contributed by atoms with Gasteiger partial charge in [-0.2, -0.15) is 0 Å². The van der Waals surface area contributed by atoms with Gasteiger partial charge in [0.2, 0.25) is 0 Å². The third kappa shape index (κ3) is 3.60. The predicted molar refractivity (Wildman–Crippen MR) is 135 cm³/mol. The summed E-state index contributed by atoms with van der Waals surface area (Å²) in [5, 5.41) is 0. The highest BCUT2D eigenvalue weighted by Gasteiger charge is 2.45. The molecular formula is C31H30O2. The number of benzene rings is 4. The molecule has 0 atom stereocenters. The number of hydrogen-bond acceptors (Lipinski definition) is 2. The van der Waals surface area contributed by atoms with Crippen molar-refractivity contribution in [2.75, 3.05) is 13.2 Å². The van der Waals surface area contributed by atoms with Crippen molar-refractivity contribution in [2.24, 2.45) is 0 Å². The van der Waals surface area contributed by atoms with Gasteiger partial charge in [0, 0.05) is 0 Å². The summed E-state index contributed by atoms with van der Waals surface area (Å²) in [4.78, 5) is 0. The second-order valence-electron chi connectivity index (χ2n) is 8.59. The summed E-state index contributed by atoms with van der Waals surface area (Å²) in [6.45, 7) is 5.72. The summed E-state index contributed by atoms with van der Waals surface area (Å²) in [5.41, 5.74) is 7.32. The normalized spacial score (nSPS) is 13.3. The van der Waals surface area contributed by atoms with Gasteiger partial charge in [0.15, 0.2) is 0 Å². The van der Waals surface area contributed by atoms with Crippen LogP contribution in [-0.4, -0.2) is 13.2 Å². The Morgan fingerprint density at radius 2 is 0.909 bits per heavy atom. The van der Waals surface area contributed by atoms with Crippen molar-refractivity contribution in [1.82, 2.24) is 0 Å². The molecule has 2 heteroatoms. The molecule has 0 saturated carbocycles. The smallest absolute Gasteiger partial charge is 0.119 e. The number of ether oxygens (including phenoxy) is 2. The molecule has 0 bridgehead atoms. The van der Waals surface area contributed by atoms with Gasteiger partial charge in [0.05, 0.1) is 18.6 Å². The molecule has 1 aliphatic rings. The minimum Gasteiger partial charge on any atom is -0.494 e. The van der Waals surface area contributed by atoms with Crippen LogP contribution in [0.3, 0.4) is 0 Å². The van der Waals surface area contributed by atoms with E-state index in [9.17, 15) is 0 Å². The molecule has 0 unspecified atom stereocenters. The van der Waals surface area contributed by atoms with Crippen LogP contribution in [0.25, 0.3) is 11.1 Å². The fourth-order valence-electron chi connectivity index (χ4n) is 5.07. The minimum atomic E-state index is -0.389. The lowest BCUT2D eigenvalue weighted by Crippen LogP contribution is -2.28. The van der Waals surface area contributed by atoms with E-state index in [0.717, 1.165) is 37.6 Å². The third-order valence-corrected chi connectivity index (χ3v) is 6.47. The maximum Gasteiger partial charge on any atom is 0.119 e. The molecule has 0 radical (unpaired) electrons. The van der Waals surface area contributed by atoms with Crippen LogP contribution < -0.4 is 9.47 Å². The third-order valence-electron chi connectivity index (χ3n) is 6.47. The van der Waals surface area contributed by atoms with Gasteiger partial charge in [0.25, 0.3) is 0 Å². The van der Waals surface area contributed by atoms with Crippen molar-refractivity contribution < 1.29 is 9.47 Å². The topological polar surface area (TPSA) is 18.5 Å². The Morgan fingerprint density at radius 3 is 1.30 bits per heavy atom. The molecule has 166 valence electrons. The first-order chi connectivity index (χ1) is 16.3. The van der Waals surface area contributed by atoms with E-state index in [2.05, 4.69) is 111 Å². The average Bonchev–Trinajstić information content (AvgIpc) is 3.18. The first-order valence-electron chi connectivity index (χ1n) is 11.9. The van der Waals surface area contributed by atoms with Crippen LogP contribution in [0.5, 0.6) is 11.5 Å². The summed E-state index contributed by atoms with van der Waals surface area (Å²) in [6, 6.07) is 34.9. The summed E-state index contributed by atoms with van der Waals surface area (Å²) >= 11 is 0. The molecule has 0 spiro atoms. The van der Waals surface area contributed by atoms with Crippen molar-refractivity contribution in [1.29, 1.82) is 0 Å². The van der Waals surface area contributed by atoms with Gasteiger partial charge in [-0.25, -0.2) is 0 Å². The lowest BCUT2D eigenvalue weighted by atomic mass is 9.68. The molecule has 0 N–H and O–H groups in total. The molecule has 0 fully saturated rings. The van der Waals surface area contributed by atoms with Crippen LogP contribution in [0.2, 0.25) is 0 Å². The maximum absolute atomic E-state index is 5.89. The highest BCUT2D eigenvalue weighted by Crippen LogP contribution is 2.56. The molecular weight excluding hydrogens is 404 g/mol. The maximum atomic E-state index is 5.89. The van der Waals surface area contributed by atoms with Gasteiger partial charge in [-0.15, -0.1) is 0 Å². The zero-order chi connectivity index (χ0) is 22.7.